The average molecular weight is 312 g/mol. The van der Waals surface area contributed by atoms with Gasteiger partial charge < -0.3 is 5.73 Å². The largest absolute Gasteiger partial charge is 0.330 e. The van der Waals surface area contributed by atoms with Crippen LogP contribution in [0.4, 0.5) is 0 Å². The third-order valence-electron chi connectivity index (χ3n) is 4.17. The van der Waals surface area contributed by atoms with Gasteiger partial charge in [-0.05, 0) is 61.9 Å². The van der Waals surface area contributed by atoms with Gasteiger partial charge in [-0.2, -0.15) is 0 Å². The highest BCUT2D eigenvalue weighted by atomic mass is 32.2. The van der Waals surface area contributed by atoms with Gasteiger partial charge in [0.15, 0.2) is 0 Å². The number of aryl methyl sites for hydroxylation is 2. The second-order valence-corrected chi connectivity index (χ2v) is 8.70. The zero-order chi connectivity index (χ0) is 16.6. The van der Waals surface area contributed by atoms with Crippen LogP contribution >= 0.6 is 0 Å². The minimum atomic E-state index is -3.51. The first-order valence-electron chi connectivity index (χ1n) is 7.18. The Balaban J connectivity index is 3.39. The first-order valence-corrected chi connectivity index (χ1v) is 8.62. The molecule has 0 unspecified atom stereocenters. The molecule has 0 aromatic heterocycles. The molecule has 0 saturated carbocycles. The highest BCUT2D eigenvalue weighted by Crippen LogP contribution is 2.29. The van der Waals surface area contributed by atoms with Crippen LogP contribution in [0.25, 0.3) is 0 Å². The summed E-state index contributed by atoms with van der Waals surface area (Å²) in [5.41, 5.74) is 9.14. The molecule has 0 aliphatic carbocycles. The fraction of sp³-hybridized carbons (Fsp3) is 0.625. The predicted octanol–water partition coefficient (Wildman–Crippen LogP) is 2.53. The van der Waals surface area contributed by atoms with E-state index in [-0.39, 0.29) is 5.41 Å². The third kappa shape index (κ3) is 3.65. The quantitative estimate of drug-likeness (QED) is 0.908. The molecule has 21 heavy (non-hydrogen) atoms. The van der Waals surface area contributed by atoms with E-state index >= 15 is 0 Å². The summed E-state index contributed by atoms with van der Waals surface area (Å²) < 4.78 is 27.3. The summed E-state index contributed by atoms with van der Waals surface area (Å²) in [5, 5.41) is 0. The minimum Gasteiger partial charge on any atom is -0.330 e. The van der Waals surface area contributed by atoms with Crippen molar-refractivity contribution in [1.29, 1.82) is 0 Å². The summed E-state index contributed by atoms with van der Waals surface area (Å²) in [7, 11) is -1.88. The van der Waals surface area contributed by atoms with Gasteiger partial charge in [-0.3, -0.25) is 0 Å². The van der Waals surface area contributed by atoms with Gasteiger partial charge >= 0.3 is 0 Å². The fourth-order valence-corrected chi connectivity index (χ4v) is 4.40. The van der Waals surface area contributed by atoms with Crippen molar-refractivity contribution in [1.82, 2.24) is 4.31 Å². The van der Waals surface area contributed by atoms with E-state index in [2.05, 4.69) is 0 Å². The lowest BCUT2D eigenvalue weighted by atomic mass is 9.94. The van der Waals surface area contributed by atoms with Crippen molar-refractivity contribution in [3.05, 3.63) is 28.3 Å². The number of sulfonamides is 1. The number of benzene rings is 1. The second kappa shape index (κ2) is 6.07. The molecule has 1 rings (SSSR count). The van der Waals surface area contributed by atoms with Crippen molar-refractivity contribution in [2.24, 2.45) is 11.1 Å². The molecule has 0 atom stereocenters. The molecule has 0 heterocycles. The summed E-state index contributed by atoms with van der Waals surface area (Å²) in [4.78, 5) is 0.440. The van der Waals surface area contributed by atoms with Crippen molar-refractivity contribution in [2.45, 2.75) is 46.4 Å². The highest BCUT2D eigenvalue weighted by Gasteiger charge is 2.30. The molecule has 0 amide bonds. The molecule has 0 saturated heterocycles. The molecule has 0 spiro atoms. The highest BCUT2D eigenvalue weighted by molar-refractivity contribution is 7.89. The lowest BCUT2D eigenvalue weighted by molar-refractivity contribution is 0.291. The summed E-state index contributed by atoms with van der Waals surface area (Å²) in [6.45, 7) is 12.4. The molecule has 120 valence electrons. The van der Waals surface area contributed by atoms with Crippen LogP contribution in [0.3, 0.4) is 0 Å². The van der Waals surface area contributed by atoms with E-state index in [1.807, 2.05) is 47.6 Å². The summed E-state index contributed by atoms with van der Waals surface area (Å²) in [6.07, 6.45) is 0. The number of hydrogen-bond acceptors (Lipinski definition) is 3. The molecule has 0 aliphatic rings. The maximum absolute atomic E-state index is 13.0. The van der Waals surface area contributed by atoms with E-state index in [0.29, 0.717) is 18.0 Å². The van der Waals surface area contributed by atoms with E-state index in [4.69, 9.17) is 5.73 Å². The average Bonchev–Trinajstić information content (AvgIpc) is 2.36. The molecular formula is C16H28N2O2S. The Hall–Kier alpha value is -0.910. The van der Waals surface area contributed by atoms with Gasteiger partial charge in [0.25, 0.3) is 0 Å². The van der Waals surface area contributed by atoms with E-state index in [0.717, 1.165) is 22.3 Å². The first-order chi connectivity index (χ1) is 9.44. The SMILES string of the molecule is Cc1cc(C)c(C)c(S(=O)(=O)N(C)CC(C)(C)CN)c1C. The van der Waals surface area contributed by atoms with E-state index in [1.165, 1.54) is 4.31 Å². The lowest BCUT2D eigenvalue weighted by Crippen LogP contribution is -2.40. The number of nitrogens with zero attached hydrogens (tertiary/aromatic N) is 1. The van der Waals surface area contributed by atoms with Crippen LogP contribution in [0.1, 0.15) is 36.1 Å². The minimum absolute atomic E-state index is 0.248. The Bertz CT molecular complexity index is 608. The summed E-state index contributed by atoms with van der Waals surface area (Å²) >= 11 is 0. The van der Waals surface area contributed by atoms with Crippen molar-refractivity contribution in [3.8, 4) is 0 Å². The lowest BCUT2D eigenvalue weighted by Gasteiger charge is -2.29. The van der Waals surface area contributed by atoms with Crippen molar-refractivity contribution >= 4 is 10.0 Å². The van der Waals surface area contributed by atoms with Gasteiger partial charge in [0, 0.05) is 13.6 Å². The van der Waals surface area contributed by atoms with Crippen LogP contribution in [0.5, 0.6) is 0 Å². The Morgan fingerprint density at radius 1 is 1.10 bits per heavy atom. The van der Waals surface area contributed by atoms with Gasteiger partial charge in [0.2, 0.25) is 10.0 Å². The smallest absolute Gasteiger partial charge is 0.243 e. The van der Waals surface area contributed by atoms with Gasteiger partial charge in [0.05, 0.1) is 4.90 Å². The van der Waals surface area contributed by atoms with Crippen molar-refractivity contribution in [3.63, 3.8) is 0 Å². The molecule has 1 aromatic carbocycles. The predicted molar refractivity (Wildman–Crippen MR) is 88.0 cm³/mol. The molecule has 1 aromatic rings. The molecular weight excluding hydrogens is 284 g/mol. The maximum Gasteiger partial charge on any atom is 0.243 e. The second-order valence-electron chi connectivity index (χ2n) is 6.72. The molecule has 2 N–H and O–H groups in total. The van der Waals surface area contributed by atoms with Crippen LogP contribution < -0.4 is 5.73 Å². The van der Waals surface area contributed by atoms with Crippen molar-refractivity contribution < 1.29 is 8.42 Å². The standard InChI is InChI=1S/C16H28N2O2S/c1-11-8-12(2)14(4)15(13(11)3)21(19,20)18(7)10-16(5,6)9-17/h8H,9-10,17H2,1-7H3. The van der Waals surface area contributed by atoms with Gasteiger partial charge in [-0.1, -0.05) is 19.9 Å². The van der Waals surface area contributed by atoms with Crippen LogP contribution in [0.15, 0.2) is 11.0 Å². The summed E-state index contributed by atoms with van der Waals surface area (Å²) in [6, 6.07) is 2.04. The number of nitrogens with two attached hydrogens (primary N) is 1. The Kier molecular flexibility index (Phi) is 5.24. The zero-order valence-corrected chi connectivity index (χ0v) is 15.1. The van der Waals surface area contributed by atoms with Crippen LogP contribution in [0.2, 0.25) is 0 Å². The molecule has 0 aliphatic heterocycles. The van der Waals surface area contributed by atoms with Gasteiger partial charge in [0.1, 0.15) is 0 Å². The maximum atomic E-state index is 13.0. The number of rotatable bonds is 5. The summed E-state index contributed by atoms with van der Waals surface area (Å²) in [5.74, 6) is 0. The van der Waals surface area contributed by atoms with Gasteiger partial charge in [-0.25, -0.2) is 12.7 Å². The third-order valence-corrected chi connectivity index (χ3v) is 6.25. The molecule has 0 radical (unpaired) electrons. The van der Waals surface area contributed by atoms with Crippen LogP contribution in [-0.4, -0.2) is 32.9 Å². The molecule has 5 heteroatoms. The van der Waals surface area contributed by atoms with Crippen molar-refractivity contribution in [2.75, 3.05) is 20.1 Å². The van der Waals surface area contributed by atoms with E-state index in [9.17, 15) is 8.42 Å². The zero-order valence-electron chi connectivity index (χ0n) is 14.2. The number of hydrogen-bond donors (Lipinski definition) is 1. The van der Waals surface area contributed by atoms with E-state index < -0.39 is 10.0 Å². The normalized spacial score (nSPS) is 13.0. The van der Waals surface area contributed by atoms with Crippen LogP contribution in [-0.2, 0) is 10.0 Å². The van der Waals surface area contributed by atoms with Crippen LogP contribution in [0, 0.1) is 33.1 Å². The Labute approximate surface area is 129 Å². The first kappa shape index (κ1) is 18.1. The fourth-order valence-electron chi connectivity index (χ4n) is 2.48. The molecule has 0 bridgehead atoms. The van der Waals surface area contributed by atoms with E-state index in [1.54, 1.807) is 7.05 Å². The molecule has 4 nitrogen and oxygen atoms in total. The topological polar surface area (TPSA) is 63.4 Å². The molecule has 0 fully saturated rings. The van der Waals surface area contributed by atoms with Gasteiger partial charge in [-0.15, -0.1) is 0 Å². The Morgan fingerprint density at radius 3 is 1.90 bits per heavy atom. The monoisotopic (exact) mass is 312 g/mol. The Morgan fingerprint density at radius 2 is 1.52 bits per heavy atom.